The lowest BCUT2D eigenvalue weighted by Gasteiger charge is -2.18. The fourth-order valence-corrected chi connectivity index (χ4v) is 2.36. The van der Waals surface area contributed by atoms with Crippen molar-refractivity contribution in [3.05, 3.63) is 53.6 Å². The van der Waals surface area contributed by atoms with E-state index >= 15 is 0 Å². The maximum atomic E-state index is 12.4. The first-order chi connectivity index (χ1) is 11.0. The topological polar surface area (TPSA) is 47.6 Å². The number of amides is 1. The van der Waals surface area contributed by atoms with E-state index in [4.69, 9.17) is 9.47 Å². The lowest BCUT2D eigenvalue weighted by molar-refractivity contribution is -0.122. The fraction of sp³-hybridized carbons (Fsp3) is 0.316. The molecule has 4 nitrogen and oxygen atoms in total. The molecule has 0 unspecified atom stereocenters. The van der Waals surface area contributed by atoms with E-state index in [9.17, 15) is 4.79 Å². The molecule has 0 aliphatic heterocycles. The number of ether oxygens (including phenoxy) is 2. The van der Waals surface area contributed by atoms with Crippen LogP contribution in [0.25, 0.3) is 0 Å². The molecule has 0 spiro atoms. The van der Waals surface area contributed by atoms with Gasteiger partial charge in [-0.05, 0) is 43.5 Å². The third-order valence-corrected chi connectivity index (χ3v) is 3.71. The van der Waals surface area contributed by atoms with Crippen molar-refractivity contribution in [3.8, 4) is 11.5 Å². The summed E-state index contributed by atoms with van der Waals surface area (Å²) in [5, 5.41) is 2.98. The van der Waals surface area contributed by atoms with E-state index in [0.29, 0.717) is 11.5 Å². The molecule has 2 aromatic rings. The molecule has 1 N–H and O–H groups in total. The standard InChI is InChI=1S/C19H23NO3/c1-5-15-9-6-8-13(2)18(15)20-19(21)14(3)23-17-11-7-10-16(12-17)22-4/h6-12,14H,5H2,1-4H3,(H,20,21)/t14-/m0/s1. The largest absolute Gasteiger partial charge is 0.497 e. The number of benzene rings is 2. The van der Waals surface area contributed by atoms with Crippen molar-refractivity contribution in [3.63, 3.8) is 0 Å². The smallest absolute Gasteiger partial charge is 0.265 e. The van der Waals surface area contributed by atoms with Crippen molar-refractivity contribution in [2.45, 2.75) is 33.3 Å². The average molecular weight is 313 g/mol. The molecule has 0 heterocycles. The van der Waals surface area contributed by atoms with Crippen molar-refractivity contribution < 1.29 is 14.3 Å². The summed E-state index contributed by atoms with van der Waals surface area (Å²) in [6, 6.07) is 13.2. The first kappa shape index (κ1) is 16.9. The van der Waals surface area contributed by atoms with Gasteiger partial charge in [-0.3, -0.25) is 4.79 Å². The highest BCUT2D eigenvalue weighted by Gasteiger charge is 2.17. The first-order valence-electron chi connectivity index (χ1n) is 7.75. The zero-order chi connectivity index (χ0) is 16.8. The Morgan fingerprint density at radius 1 is 1.17 bits per heavy atom. The summed E-state index contributed by atoms with van der Waals surface area (Å²) in [6.07, 6.45) is 0.258. The highest BCUT2D eigenvalue weighted by atomic mass is 16.5. The molecule has 0 radical (unpaired) electrons. The Balaban J connectivity index is 2.08. The van der Waals surface area contributed by atoms with Gasteiger partial charge in [0.05, 0.1) is 7.11 Å². The molecule has 0 aliphatic rings. The fourth-order valence-electron chi connectivity index (χ4n) is 2.36. The predicted octanol–water partition coefficient (Wildman–Crippen LogP) is 3.97. The Labute approximate surface area is 137 Å². The van der Waals surface area contributed by atoms with Crippen LogP contribution in [0.5, 0.6) is 11.5 Å². The Hall–Kier alpha value is -2.49. The van der Waals surface area contributed by atoms with E-state index in [-0.39, 0.29) is 5.91 Å². The molecule has 0 bridgehead atoms. The number of methoxy groups -OCH3 is 1. The predicted molar refractivity (Wildman–Crippen MR) is 92.3 cm³/mol. The van der Waals surface area contributed by atoms with Crippen LogP contribution in [0.2, 0.25) is 0 Å². The molecule has 2 rings (SSSR count). The van der Waals surface area contributed by atoms with E-state index in [1.54, 1.807) is 26.2 Å². The third kappa shape index (κ3) is 4.25. The average Bonchev–Trinajstić information content (AvgIpc) is 2.56. The van der Waals surface area contributed by atoms with Gasteiger partial charge >= 0.3 is 0 Å². The molecule has 0 saturated heterocycles. The summed E-state index contributed by atoms with van der Waals surface area (Å²) >= 11 is 0. The van der Waals surface area contributed by atoms with Gasteiger partial charge in [0.1, 0.15) is 11.5 Å². The molecule has 4 heteroatoms. The number of hydrogen-bond acceptors (Lipinski definition) is 3. The van der Waals surface area contributed by atoms with Crippen LogP contribution in [0.4, 0.5) is 5.69 Å². The Kier molecular flexibility index (Phi) is 5.63. The van der Waals surface area contributed by atoms with Gasteiger partial charge in [0.15, 0.2) is 6.10 Å². The Morgan fingerprint density at radius 3 is 2.57 bits per heavy atom. The van der Waals surface area contributed by atoms with Crippen molar-refractivity contribution in [1.82, 2.24) is 0 Å². The minimum Gasteiger partial charge on any atom is -0.497 e. The van der Waals surface area contributed by atoms with Crippen LogP contribution in [0, 0.1) is 6.92 Å². The zero-order valence-electron chi connectivity index (χ0n) is 14.1. The molecule has 0 aliphatic carbocycles. The number of anilines is 1. The van der Waals surface area contributed by atoms with Crippen LogP contribution >= 0.6 is 0 Å². The normalized spacial score (nSPS) is 11.7. The lowest BCUT2D eigenvalue weighted by Crippen LogP contribution is -2.30. The van der Waals surface area contributed by atoms with E-state index < -0.39 is 6.10 Å². The number of para-hydroxylation sites is 1. The molecule has 1 atom stereocenters. The molecule has 1 amide bonds. The second kappa shape index (κ2) is 7.68. The molecule has 0 saturated carbocycles. The minimum atomic E-state index is -0.605. The second-order valence-corrected chi connectivity index (χ2v) is 5.39. The van der Waals surface area contributed by atoms with Crippen LogP contribution in [-0.2, 0) is 11.2 Å². The third-order valence-electron chi connectivity index (χ3n) is 3.71. The summed E-state index contributed by atoms with van der Waals surface area (Å²) < 4.78 is 10.9. The van der Waals surface area contributed by atoms with Gasteiger partial charge in [0.2, 0.25) is 0 Å². The summed E-state index contributed by atoms with van der Waals surface area (Å²) in [6.45, 7) is 5.79. The first-order valence-corrected chi connectivity index (χ1v) is 7.75. The van der Waals surface area contributed by atoms with Gasteiger partial charge in [0.25, 0.3) is 5.91 Å². The van der Waals surface area contributed by atoms with E-state index in [2.05, 4.69) is 12.2 Å². The van der Waals surface area contributed by atoms with Crippen molar-refractivity contribution in [2.75, 3.05) is 12.4 Å². The molecule has 0 fully saturated rings. The molecular weight excluding hydrogens is 290 g/mol. The van der Waals surface area contributed by atoms with E-state index in [1.807, 2.05) is 37.3 Å². The maximum absolute atomic E-state index is 12.4. The Bertz CT molecular complexity index is 682. The number of carbonyl (C=O) groups excluding carboxylic acids is 1. The molecule has 122 valence electrons. The summed E-state index contributed by atoms with van der Waals surface area (Å²) in [4.78, 5) is 12.4. The van der Waals surface area contributed by atoms with Gasteiger partial charge in [-0.25, -0.2) is 0 Å². The van der Waals surface area contributed by atoms with Gasteiger partial charge < -0.3 is 14.8 Å². The van der Waals surface area contributed by atoms with Crippen LogP contribution < -0.4 is 14.8 Å². The SMILES string of the molecule is CCc1cccc(C)c1NC(=O)[C@H](C)Oc1cccc(OC)c1. The quantitative estimate of drug-likeness (QED) is 0.877. The summed E-state index contributed by atoms with van der Waals surface area (Å²) in [7, 11) is 1.60. The number of aryl methyl sites for hydroxylation is 2. The molecule has 2 aromatic carbocycles. The minimum absolute atomic E-state index is 0.170. The van der Waals surface area contributed by atoms with Crippen molar-refractivity contribution >= 4 is 11.6 Å². The van der Waals surface area contributed by atoms with Crippen molar-refractivity contribution in [2.24, 2.45) is 0 Å². The van der Waals surface area contributed by atoms with Crippen LogP contribution in [0.3, 0.4) is 0 Å². The van der Waals surface area contributed by atoms with E-state index in [1.165, 1.54) is 0 Å². The number of nitrogens with one attached hydrogen (secondary N) is 1. The lowest BCUT2D eigenvalue weighted by atomic mass is 10.1. The molecular formula is C19H23NO3. The zero-order valence-corrected chi connectivity index (χ0v) is 14.1. The Morgan fingerprint density at radius 2 is 1.87 bits per heavy atom. The van der Waals surface area contributed by atoms with Crippen LogP contribution in [-0.4, -0.2) is 19.1 Å². The van der Waals surface area contributed by atoms with Gasteiger partial charge in [-0.1, -0.05) is 31.2 Å². The molecule has 23 heavy (non-hydrogen) atoms. The second-order valence-electron chi connectivity index (χ2n) is 5.39. The molecule has 0 aromatic heterocycles. The summed E-state index contributed by atoms with van der Waals surface area (Å²) in [5.41, 5.74) is 3.04. The number of hydrogen-bond donors (Lipinski definition) is 1. The van der Waals surface area contributed by atoms with Crippen molar-refractivity contribution in [1.29, 1.82) is 0 Å². The summed E-state index contributed by atoms with van der Waals surface area (Å²) in [5.74, 6) is 1.13. The highest BCUT2D eigenvalue weighted by molar-refractivity contribution is 5.95. The maximum Gasteiger partial charge on any atom is 0.265 e. The van der Waals surface area contributed by atoms with Gasteiger partial charge in [-0.15, -0.1) is 0 Å². The number of carbonyl (C=O) groups is 1. The number of rotatable bonds is 6. The van der Waals surface area contributed by atoms with Crippen LogP contribution in [0.15, 0.2) is 42.5 Å². The van der Waals surface area contributed by atoms with Gasteiger partial charge in [0, 0.05) is 11.8 Å². The highest BCUT2D eigenvalue weighted by Crippen LogP contribution is 2.23. The van der Waals surface area contributed by atoms with Crippen LogP contribution in [0.1, 0.15) is 25.0 Å². The van der Waals surface area contributed by atoms with E-state index in [0.717, 1.165) is 23.2 Å². The monoisotopic (exact) mass is 313 g/mol. The van der Waals surface area contributed by atoms with Gasteiger partial charge in [-0.2, -0.15) is 0 Å².